The van der Waals surface area contributed by atoms with Gasteiger partial charge in [-0.1, -0.05) is 60.1 Å². The summed E-state index contributed by atoms with van der Waals surface area (Å²) in [7, 11) is 0. The Bertz CT molecular complexity index is 813. The fraction of sp³-hybridized carbons (Fsp3) is 0.100. The summed E-state index contributed by atoms with van der Waals surface area (Å²) in [5.41, 5.74) is 3.18. The summed E-state index contributed by atoms with van der Waals surface area (Å²) in [5.74, 6) is -0.661. The molecule has 0 atom stereocenters. The van der Waals surface area contributed by atoms with Crippen molar-refractivity contribution in [2.75, 3.05) is 0 Å². The zero-order chi connectivity index (χ0) is 16.2. The molecule has 3 rings (SSSR count). The topological polar surface area (TPSA) is 0 Å². The Morgan fingerprint density at radius 3 is 1.91 bits per heavy atom. The number of aryl methyl sites for hydroxylation is 2. The summed E-state index contributed by atoms with van der Waals surface area (Å²) in [4.78, 5) is 0. The Morgan fingerprint density at radius 2 is 1.30 bits per heavy atom. The van der Waals surface area contributed by atoms with Crippen molar-refractivity contribution in [3.63, 3.8) is 0 Å². The molecule has 23 heavy (non-hydrogen) atoms. The Balaban J connectivity index is 1.74. The highest BCUT2D eigenvalue weighted by atomic mass is 35.5. The van der Waals surface area contributed by atoms with Crippen LogP contribution in [0.15, 0.2) is 66.7 Å². The summed E-state index contributed by atoms with van der Waals surface area (Å²) in [6, 6.07) is 19.5. The molecular formula is C20H15ClF2. The van der Waals surface area contributed by atoms with Crippen LogP contribution in [0, 0.1) is 11.6 Å². The van der Waals surface area contributed by atoms with E-state index >= 15 is 0 Å². The van der Waals surface area contributed by atoms with Crippen LogP contribution in [-0.2, 0) is 12.8 Å². The standard InChI is InChI=1S/C20H15ClF2/c21-18-11-9-15(13-20(18)23)7-6-14-8-10-17(19(22)12-14)16-4-2-1-3-5-16/h1-5,8-13H,6-7H2. The SMILES string of the molecule is Fc1cc(CCc2ccc(-c3ccccc3)c(F)c2)ccc1Cl. The molecule has 3 heteroatoms. The first kappa shape index (κ1) is 15.7. The quantitative estimate of drug-likeness (QED) is 0.545. The molecule has 0 heterocycles. The van der Waals surface area contributed by atoms with Crippen molar-refractivity contribution in [2.45, 2.75) is 12.8 Å². The highest BCUT2D eigenvalue weighted by Gasteiger charge is 2.07. The zero-order valence-corrected chi connectivity index (χ0v) is 13.2. The second-order valence-corrected chi connectivity index (χ2v) is 5.84. The normalized spacial score (nSPS) is 10.7. The summed E-state index contributed by atoms with van der Waals surface area (Å²) < 4.78 is 27.7. The predicted molar refractivity (Wildman–Crippen MR) is 90.7 cm³/mol. The molecule has 0 N–H and O–H groups in total. The molecule has 3 aromatic carbocycles. The summed E-state index contributed by atoms with van der Waals surface area (Å²) in [6.07, 6.45) is 1.28. The molecule has 116 valence electrons. The van der Waals surface area contributed by atoms with Crippen LogP contribution in [0.4, 0.5) is 8.78 Å². The molecule has 0 unspecified atom stereocenters. The van der Waals surface area contributed by atoms with E-state index in [2.05, 4.69) is 0 Å². The van der Waals surface area contributed by atoms with Crippen LogP contribution in [0.1, 0.15) is 11.1 Å². The van der Waals surface area contributed by atoms with Gasteiger partial charge in [0, 0.05) is 5.56 Å². The van der Waals surface area contributed by atoms with Crippen LogP contribution in [0.5, 0.6) is 0 Å². The van der Waals surface area contributed by atoms with Gasteiger partial charge in [-0.25, -0.2) is 8.78 Å². The lowest BCUT2D eigenvalue weighted by Crippen LogP contribution is -1.94. The van der Waals surface area contributed by atoms with E-state index in [-0.39, 0.29) is 10.8 Å². The van der Waals surface area contributed by atoms with E-state index in [4.69, 9.17) is 11.6 Å². The van der Waals surface area contributed by atoms with Crippen molar-refractivity contribution in [2.24, 2.45) is 0 Å². The number of halogens is 3. The van der Waals surface area contributed by atoms with E-state index in [1.807, 2.05) is 36.4 Å². The van der Waals surface area contributed by atoms with Gasteiger partial charge in [-0.2, -0.15) is 0 Å². The molecule has 0 bridgehead atoms. The maximum atomic E-state index is 14.3. The van der Waals surface area contributed by atoms with Gasteiger partial charge < -0.3 is 0 Å². The van der Waals surface area contributed by atoms with Crippen molar-refractivity contribution >= 4 is 11.6 Å². The predicted octanol–water partition coefficient (Wildman–Crippen LogP) is 6.07. The lowest BCUT2D eigenvalue weighted by Gasteiger charge is -2.07. The average molecular weight is 329 g/mol. The Hall–Kier alpha value is -2.19. The molecule has 0 nitrogen and oxygen atoms in total. The van der Waals surface area contributed by atoms with E-state index < -0.39 is 5.82 Å². The maximum Gasteiger partial charge on any atom is 0.142 e. The number of hydrogen-bond donors (Lipinski definition) is 0. The molecule has 0 aliphatic rings. The minimum Gasteiger partial charge on any atom is -0.206 e. The molecule has 0 aliphatic heterocycles. The smallest absolute Gasteiger partial charge is 0.142 e. The second kappa shape index (κ2) is 6.93. The van der Waals surface area contributed by atoms with Gasteiger partial charge in [-0.15, -0.1) is 0 Å². The van der Waals surface area contributed by atoms with Crippen molar-refractivity contribution in [3.05, 3.63) is 94.5 Å². The summed E-state index contributed by atoms with van der Waals surface area (Å²) in [5, 5.41) is 0.118. The van der Waals surface area contributed by atoms with Gasteiger partial charge in [-0.05, 0) is 47.7 Å². The molecule has 3 aromatic rings. The lowest BCUT2D eigenvalue weighted by atomic mass is 10.00. The third-order valence-electron chi connectivity index (χ3n) is 3.80. The van der Waals surface area contributed by atoms with Crippen LogP contribution >= 0.6 is 11.6 Å². The molecule has 0 aliphatic carbocycles. The number of benzene rings is 3. The van der Waals surface area contributed by atoms with Gasteiger partial charge in [0.25, 0.3) is 0 Å². The largest absolute Gasteiger partial charge is 0.206 e. The third-order valence-corrected chi connectivity index (χ3v) is 4.11. The molecule has 0 amide bonds. The van der Waals surface area contributed by atoms with Crippen LogP contribution in [0.2, 0.25) is 5.02 Å². The lowest BCUT2D eigenvalue weighted by molar-refractivity contribution is 0.624. The highest BCUT2D eigenvalue weighted by Crippen LogP contribution is 2.24. The van der Waals surface area contributed by atoms with Gasteiger partial charge in [0.1, 0.15) is 11.6 Å². The minimum atomic E-state index is -0.422. The fourth-order valence-electron chi connectivity index (χ4n) is 2.55. The van der Waals surface area contributed by atoms with E-state index in [1.54, 1.807) is 24.3 Å². The average Bonchev–Trinajstić information content (AvgIpc) is 2.57. The molecule has 0 spiro atoms. The van der Waals surface area contributed by atoms with Crippen molar-refractivity contribution in [1.29, 1.82) is 0 Å². The van der Waals surface area contributed by atoms with E-state index in [1.165, 1.54) is 6.07 Å². The Kier molecular flexibility index (Phi) is 4.73. The molecule has 0 aromatic heterocycles. The first-order valence-corrected chi connectivity index (χ1v) is 7.79. The molecule has 0 fully saturated rings. The molecular weight excluding hydrogens is 314 g/mol. The van der Waals surface area contributed by atoms with Crippen molar-refractivity contribution < 1.29 is 8.78 Å². The summed E-state index contributed by atoms with van der Waals surface area (Å²) in [6.45, 7) is 0. The zero-order valence-electron chi connectivity index (χ0n) is 12.4. The second-order valence-electron chi connectivity index (χ2n) is 5.43. The van der Waals surface area contributed by atoms with Crippen molar-refractivity contribution in [1.82, 2.24) is 0 Å². The number of hydrogen-bond acceptors (Lipinski definition) is 0. The van der Waals surface area contributed by atoms with E-state index in [0.717, 1.165) is 16.7 Å². The molecule has 0 saturated carbocycles. The molecule has 0 saturated heterocycles. The van der Waals surface area contributed by atoms with Gasteiger partial charge >= 0.3 is 0 Å². The minimum absolute atomic E-state index is 0.118. The Labute approximate surface area is 139 Å². The van der Waals surface area contributed by atoms with Gasteiger partial charge in [0.2, 0.25) is 0 Å². The van der Waals surface area contributed by atoms with E-state index in [0.29, 0.717) is 18.4 Å². The molecule has 0 radical (unpaired) electrons. The first-order chi connectivity index (χ1) is 11.1. The van der Waals surface area contributed by atoms with Crippen molar-refractivity contribution in [3.8, 4) is 11.1 Å². The van der Waals surface area contributed by atoms with Gasteiger partial charge in [0.05, 0.1) is 5.02 Å². The first-order valence-electron chi connectivity index (χ1n) is 7.41. The number of rotatable bonds is 4. The third kappa shape index (κ3) is 3.77. The van der Waals surface area contributed by atoms with Crippen LogP contribution < -0.4 is 0 Å². The Morgan fingerprint density at radius 1 is 0.696 bits per heavy atom. The fourth-order valence-corrected chi connectivity index (χ4v) is 2.67. The highest BCUT2D eigenvalue weighted by molar-refractivity contribution is 6.30. The summed E-state index contributed by atoms with van der Waals surface area (Å²) >= 11 is 5.67. The van der Waals surface area contributed by atoms with E-state index in [9.17, 15) is 8.78 Å². The van der Waals surface area contributed by atoms with Crippen LogP contribution in [0.25, 0.3) is 11.1 Å². The van der Waals surface area contributed by atoms with Gasteiger partial charge in [0.15, 0.2) is 0 Å². The van der Waals surface area contributed by atoms with Crippen LogP contribution in [-0.4, -0.2) is 0 Å². The van der Waals surface area contributed by atoms with Gasteiger partial charge in [-0.3, -0.25) is 0 Å². The monoisotopic (exact) mass is 328 g/mol. The van der Waals surface area contributed by atoms with Crippen LogP contribution in [0.3, 0.4) is 0 Å². The maximum absolute atomic E-state index is 14.3.